The van der Waals surface area contributed by atoms with Gasteiger partial charge in [0.1, 0.15) is 5.76 Å². The number of aliphatic hydroxyl groups excluding tert-OH is 1. The van der Waals surface area contributed by atoms with Gasteiger partial charge < -0.3 is 10.0 Å². The highest BCUT2D eigenvalue weighted by atomic mass is 79.9. The van der Waals surface area contributed by atoms with Crippen molar-refractivity contribution in [3.8, 4) is 0 Å². The first kappa shape index (κ1) is 17.8. The van der Waals surface area contributed by atoms with Crippen molar-refractivity contribution in [2.24, 2.45) is 0 Å². The second-order valence-electron chi connectivity index (χ2n) is 5.77. The molecular formula is C18H13BrN2O5. The lowest BCUT2D eigenvalue weighted by molar-refractivity contribution is -0.384. The molecule has 1 atom stereocenters. The van der Waals surface area contributed by atoms with E-state index in [9.17, 15) is 24.8 Å². The lowest BCUT2D eigenvalue weighted by atomic mass is 9.95. The van der Waals surface area contributed by atoms with E-state index in [1.807, 2.05) is 0 Å². The third kappa shape index (κ3) is 2.99. The monoisotopic (exact) mass is 416 g/mol. The first-order valence-electron chi connectivity index (χ1n) is 7.56. The van der Waals surface area contributed by atoms with Crippen molar-refractivity contribution in [3.63, 3.8) is 0 Å². The molecule has 1 heterocycles. The number of Topliss-reactive ketones (excluding diaryl/α,β-unsaturated/α-hetero) is 1. The molecule has 0 spiro atoms. The van der Waals surface area contributed by atoms with Gasteiger partial charge in [0.05, 0.1) is 16.5 Å². The molecule has 8 heteroatoms. The molecule has 1 N–H and O–H groups in total. The Morgan fingerprint density at radius 2 is 1.69 bits per heavy atom. The predicted octanol–water partition coefficient (Wildman–Crippen LogP) is 3.41. The number of nitro groups is 1. The summed E-state index contributed by atoms with van der Waals surface area (Å²) in [4.78, 5) is 36.1. The third-order valence-corrected chi connectivity index (χ3v) is 4.74. The number of likely N-dealkylation sites (N-methyl/N-ethyl adjacent to an activating group) is 1. The lowest BCUT2D eigenvalue weighted by Gasteiger charge is -2.20. The van der Waals surface area contributed by atoms with E-state index < -0.39 is 22.7 Å². The molecule has 0 radical (unpaired) electrons. The third-order valence-electron chi connectivity index (χ3n) is 4.21. The number of carbonyl (C=O) groups excluding carboxylic acids is 2. The molecule has 1 fully saturated rings. The summed E-state index contributed by atoms with van der Waals surface area (Å²) in [5, 5.41) is 21.5. The van der Waals surface area contributed by atoms with Crippen LogP contribution in [0.4, 0.5) is 5.69 Å². The molecule has 3 rings (SSSR count). The molecule has 132 valence electrons. The highest BCUT2D eigenvalue weighted by molar-refractivity contribution is 9.10. The fraction of sp³-hybridized carbons (Fsp3) is 0.111. The van der Waals surface area contributed by atoms with Gasteiger partial charge in [-0.1, -0.05) is 28.1 Å². The molecule has 0 aliphatic carbocycles. The molecule has 26 heavy (non-hydrogen) atoms. The van der Waals surface area contributed by atoms with Gasteiger partial charge in [0.15, 0.2) is 0 Å². The van der Waals surface area contributed by atoms with E-state index in [1.54, 1.807) is 24.3 Å². The number of benzene rings is 2. The topological polar surface area (TPSA) is 101 Å². The zero-order valence-corrected chi connectivity index (χ0v) is 15.1. The molecule has 1 saturated heterocycles. The number of nitro benzene ring substituents is 1. The molecule has 2 aromatic rings. The van der Waals surface area contributed by atoms with Gasteiger partial charge in [0.2, 0.25) is 0 Å². The van der Waals surface area contributed by atoms with Gasteiger partial charge in [-0.3, -0.25) is 19.7 Å². The van der Waals surface area contributed by atoms with E-state index in [1.165, 1.54) is 36.2 Å². The zero-order chi connectivity index (χ0) is 19.0. The van der Waals surface area contributed by atoms with Crippen molar-refractivity contribution in [2.45, 2.75) is 6.04 Å². The van der Waals surface area contributed by atoms with E-state index in [0.717, 1.165) is 4.47 Å². The van der Waals surface area contributed by atoms with Crippen molar-refractivity contribution < 1.29 is 19.6 Å². The van der Waals surface area contributed by atoms with Crippen molar-refractivity contribution >= 4 is 39.1 Å². The van der Waals surface area contributed by atoms with Crippen LogP contribution in [-0.4, -0.2) is 33.7 Å². The van der Waals surface area contributed by atoms with Gasteiger partial charge in [-0.25, -0.2) is 0 Å². The molecule has 0 saturated carbocycles. The van der Waals surface area contributed by atoms with Gasteiger partial charge in [0.25, 0.3) is 17.4 Å². The van der Waals surface area contributed by atoms with Crippen LogP contribution in [0.3, 0.4) is 0 Å². The quantitative estimate of drug-likeness (QED) is 0.271. The van der Waals surface area contributed by atoms with E-state index in [-0.39, 0.29) is 17.0 Å². The van der Waals surface area contributed by atoms with Crippen LogP contribution in [-0.2, 0) is 9.59 Å². The van der Waals surface area contributed by atoms with Gasteiger partial charge in [-0.15, -0.1) is 0 Å². The van der Waals surface area contributed by atoms with Crippen molar-refractivity contribution in [2.75, 3.05) is 7.05 Å². The highest BCUT2D eigenvalue weighted by Gasteiger charge is 2.44. The Hall–Kier alpha value is -3.00. The maximum Gasteiger partial charge on any atom is 0.295 e. The summed E-state index contributed by atoms with van der Waals surface area (Å²) < 4.78 is 0.803. The maximum absolute atomic E-state index is 12.4. The van der Waals surface area contributed by atoms with E-state index in [4.69, 9.17) is 0 Å². The largest absolute Gasteiger partial charge is 0.507 e. The number of aliphatic hydroxyl groups is 1. The number of nitrogens with zero attached hydrogens (tertiary/aromatic N) is 2. The Labute approximate surface area is 156 Å². The number of hydrogen-bond acceptors (Lipinski definition) is 5. The molecule has 0 bridgehead atoms. The molecule has 0 unspecified atom stereocenters. The Kier molecular flexibility index (Phi) is 4.60. The fourth-order valence-electron chi connectivity index (χ4n) is 2.88. The second-order valence-corrected chi connectivity index (χ2v) is 6.68. The Morgan fingerprint density at radius 3 is 2.23 bits per heavy atom. The van der Waals surface area contributed by atoms with Crippen molar-refractivity contribution in [1.82, 2.24) is 4.90 Å². The molecule has 0 aromatic heterocycles. The first-order valence-corrected chi connectivity index (χ1v) is 8.35. The van der Waals surface area contributed by atoms with Crippen LogP contribution in [0.25, 0.3) is 5.76 Å². The van der Waals surface area contributed by atoms with Crippen LogP contribution < -0.4 is 0 Å². The van der Waals surface area contributed by atoms with Gasteiger partial charge in [-0.2, -0.15) is 0 Å². The summed E-state index contributed by atoms with van der Waals surface area (Å²) in [5.74, 6) is -1.83. The minimum atomic E-state index is -0.820. The summed E-state index contributed by atoms with van der Waals surface area (Å²) >= 11 is 3.29. The molecule has 1 aliphatic heterocycles. The number of hydrogen-bond donors (Lipinski definition) is 1. The summed E-state index contributed by atoms with van der Waals surface area (Å²) in [6.45, 7) is 0. The number of halogens is 1. The highest BCUT2D eigenvalue weighted by Crippen LogP contribution is 2.38. The summed E-state index contributed by atoms with van der Waals surface area (Å²) in [7, 11) is 1.45. The summed E-state index contributed by atoms with van der Waals surface area (Å²) in [6.07, 6.45) is 0. The molecular weight excluding hydrogens is 404 g/mol. The lowest BCUT2D eigenvalue weighted by Crippen LogP contribution is -2.24. The van der Waals surface area contributed by atoms with E-state index >= 15 is 0 Å². The van der Waals surface area contributed by atoms with E-state index in [0.29, 0.717) is 11.1 Å². The van der Waals surface area contributed by atoms with Gasteiger partial charge in [0, 0.05) is 29.2 Å². The van der Waals surface area contributed by atoms with Crippen LogP contribution in [0.1, 0.15) is 17.2 Å². The number of rotatable bonds is 3. The average molecular weight is 417 g/mol. The summed E-state index contributed by atoms with van der Waals surface area (Å²) in [5.41, 5.74) is 0.742. The maximum atomic E-state index is 12.4. The minimum Gasteiger partial charge on any atom is -0.507 e. The number of non-ortho nitro benzene ring substituents is 1. The molecule has 1 aliphatic rings. The smallest absolute Gasteiger partial charge is 0.295 e. The van der Waals surface area contributed by atoms with Crippen LogP contribution in [0.5, 0.6) is 0 Å². The Balaban J connectivity index is 2.13. The van der Waals surface area contributed by atoms with Gasteiger partial charge in [-0.05, 0) is 29.8 Å². The fourth-order valence-corrected chi connectivity index (χ4v) is 3.14. The zero-order valence-electron chi connectivity index (χ0n) is 13.5. The van der Waals surface area contributed by atoms with Crippen LogP contribution in [0.2, 0.25) is 0 Å². The second kappa shape index (κ2) is 6.72. The van der Waals surface area contributed by atoms with Crippen LogP contribution in [0.15, 0.2) is 58.6 Å². The Bertz CT molecular complexity index is 935. The first-order chi connectivity index (χ1) is 12.3. The Morgan fingerprint density at radius 1 is 1.12 bits per heavy atom. The average Bonchev–Trinajstić information content (AvgIpc) is 2.86. The standard InChI is InChI=1S/C18H13BrN2O5/c1-20-15(10-4-8-13(9-5-10)21(25)26)14(17(23)18(20)24)16(22)11-2-6-12(19)7-3-11/h2-9,15,22H,1H3/t15-/m0/s1. The molecule has 1 amide bonds. The van der Waals surface area contributed by atoms with Crippen molar-refractivity contribution in [1.29, 1.82) is 0 Å². The predicted molar refractivity (Wildman–Crippen MR) is 97.3 cm³/mol. The summed E-state index contributed by atoms with van der Waals surface area (Å²) in [6, 6.07) is 11.4. The van der Waals surface area contributed by atoms with Crippen LogP contribution >= 0.6 is 15.9 Å². The number of amides is 1. The number of likely N-dealkylation sites (tertiary alicyclic amines) is 1. The minimum absolute atomic E-state index is 0.0475. The molecule has 7 nitrogen and oxygen atoms in total. The number of ketones is 1. The van der Waals surface area contributed by atoms with E-state index in [2.05, 4.69) is 15.9 Å². The SMILES string of the molecule is CN1C(=O)C(=O)C(=C(O)c2ccc(Br)cc2)[C@@H]1c1ccc([N+](=O)[O-])cc1. The van der Waals surface area contributed by atoms with Crippen LogP contribution in [0, 0.1) is 10.1 Å². The van der Waals surface area contributed by atoms with Gasteiger partial charge >= 0.3 is 0 Å². The normalized spacial score (nSPS) is 19.0. The molecule has 2 aromatic carbocycles. The van der Waals surface area contributed by atoms with Crippen molar-refractivity contribution in [3.05, 3.63) is 79.8 Å². The number of carbonyl (C=O) groups is 2.